The topological polar surface area (TPSA) is 77.7 Å². The highest BCUT2D eigenvalue weighted by molar-refractivity contribution is 6.30. The van der Waals surface area contributed by atoms with Crippen LogP contribution in [-0.2, 0) is 17.8 Å². The number of hydrogen-bond donors (Lipinski definition) is 0. The molecule has 1 amide bonds. The summed E-state index contributed by atoms with van der Waals surface area (Å²) in [5, 5.41) is 8.83. The average molecular weight is 444 g/mol. The Kier molecular flexibility index (Phi) is 7.52. The quantitative estimate of drug-likeness (QED) is 0.473. The summed E-state index contributed by atoms with van der Waals surface area (Å²) in [6, 6.07) is 12.8. The lowest BCUT2D eigenvalue weighted by Gasteiger charge is -2.25. The molecular formula is C23H26ClN3O4. The Labute approximate surface area is 186 Å². The van der Waals surface area contributed by atoms with E-state index in [9.17, 15) is 4.79 Å². The van der Waals surface area contributed by atoms with Crippen molar-refractivity contribution in [1.82, 2.24) is 15.1 Å². The highest BCUT2D eigenvalue weighted by Crippen LogP contribution is 2.28. The molecular weight excluding hydrogens is 418 g/mol. The van der Waals surface area contributed by atoms with E-state index in [4.69, 9.17) is 25.5 Å². The summed E-state index contributed by atoms with van der Waals surface area (Å²) in [4.78, 5) is 14.7. The molecule has 0 N–H and O–H groups in total. The van der Waals surface area contributed by atoms with Gasteiger partial charge >= 0.3 is 0 Å². The minimum Gasteiger partial charge on any atom is -0.493 e. The third-order valence-electron chi connectivity index (χ3n) is 4.88. The summed E-state index contributed by atoms with van der Waals surface area (Å²) >= 11 is 5.92. The lowest BCUT2D eigenvalue weighted by Crippen LogP contribution is -2.36. The highest BCUT2D eigenvalue weighted by Gasteiger charge is 2.21. The number of rotatable bonds is 9. The number of halogens is 1. The molecule has 1 aromatic heterocycles. The van der Waals surface area contributed by atoms with Crippen molar-refractivity contribution >= 4 is 17.5 Å². The predicted octanol–water partition coefficient (Wildman–Crippen LogP) is 4.78. The molecule has 0 bridgehead atoms. The first kappa shape index (κ1) is 22.6. The second kappa shape index (κ2) is 10.3. The molecule has 0 saturated heterocycles. The third kappa shape index (κ3) is 5.76. The first-order valence-corrected chi connectivity index (χ1v) is 10.4. The van der Waals surface area contributed by atoms with Crippen molar-refractivity contribution in [2.45, 2.75) is 39.3 Å². The summed E-state index contributed by atoms with van der Waals surface area (Å²) in [7, 11) is 3.19. The van der Waals surface area contributed by atoms with Gasteiger partial charge in [0.15, 0.2) is 11.5 Å². The summed E-state index contributed by atoms with van der Waals surface area (Å²) < 4.78 is 16.4. The van der Waals surface area contributed by atoms with Crippen LogP contribution in [-0.4, -0.2) is 41.3 Å². The minimum atomic E-state index is -0.0104. The van der Waals surface area contributed by atoms with Gasteiger partial charge in [-0.2, -0.15) is 0 Å². The van der Waals surface area contributed by atoms with Gasteiger partial charge in [0.2, 0.25) is 17.7 Å². The Bertz CT molecular complexity index is 1020. The third-order valence-corrected chi connectivity index (χ3v) is 5.13. The van der Waals surface area contributed by atoms with Gasteiger partial charge in [0.25, 0.3) is 0 Å². The summed E-state index contributed by atoms with van der Waals surface area (Å²) in [6.45, 7) is 4.18. The second-order valence-electron chi connectivity index (χ2n) is 7.31. The van der Waals surface area contributed by atoms with Crippen LogP contribution in [0.1, 0.15) is 31.7 Å². The van der Waals surface area contributed by atoms with Gasteiger partial charge in [-0.3, -0.25) is 4.79 Å². The number of carbonyl (C=O) groups is 1. The number of aryl methyl sites for hydroxylation is 1. The van der Waals surface area contributed by atoms with Crippen LogP contribution in [0.3, 0.4) is 0 Å². The van der Waals surface area contributed by atoms with Crippen molar-refractivity contribution in [3.05, 3.63) is 58.9 Å². The van der Waals surface area contributed by atoms with Gasteiger partial charge in [-0.15, -0.1) is 10.2 Å². The Balaban J connectivity index is 1.65. The Morgan fingerprint density at radius 1 is 1.06 bits per heavy atom. The van der Waals surface area contributed by atoms with Gasteiger partial charge in [0.05, 0.1) is 20.8 Å². The van der Waals surface area contributed by atoms with Crippen LogP contribution < -0.4 is 9.47 Å². The maximum atomic E-state index is 12.9. The molecule has 0 aliphatic carbocycles. The Hall–Kier alpha value is -3.06. The van der Waals surface area contributed by atoms with E-state index in [1.807, 2.05) is 44.2 Å². The second-order valence-corrected chi connectivity index (χ2v) is 7.75. The first-order chi connectivity index (χ1) is 14.9. The molecule has 0 unspecified atom stereocenters. The molecule has 8 heteroatoms. The van der Waals surface area contributed by atoms with E-state index in [-0.39, 0.29) is 18.5 Å². The van der Waals surface area contributed by atoms with Crippen molar-refractivity contribution in [3.8, 4) is 23.0 Å². The number of amides is 1. The smallest absolute Gasteiger partial charge is 0.247 e. The van der Waals surface area contributed by atoms with E-state index in [1.54, 1.807) is 31.3 Å². The van der Waals surface area contributed by atoms with Gasteiger partial charge in [0, 0.05) is 23.0 Å². The van der Waals surface area contributed by atoms with E-state index in [2.05, 4.69) is 10.2 Å². The van der Waals surface area contributed by atoms with Gasteiger partial charge in [-0.05, 0) is 62.2 Å². The largest absolute Gasteiger partial charge is 0.493 e. The van der Waals surface area contributed by atoms with Crippen molar-refractivity contribution in [1.29, 1.82) is 0 Å². The molecule has 3 rings (SSSR count). The zero-order chi connectivity index (χ0) is 22.4. The van der Waals surface area contributed by atoms with E-state index in [0.29, 0.717) is 41.1 Å². The van der Waals surface area contributed by atoms with Crippen LogP contribution >= 0.6 is 11.6 Å². The van der Waals surface area contributed by atoms with Crippen LogP contribution in [0.15, 0.2) is 46.9 Å². The van der Waals surface area contributed by atoms with Gasteiger partial charge in [-0.25, -0.2) is 0 Å². The number of nitrogens with zero attached hydrogens (tertiary/aromatic N) is 3. The molecule has 0 atom stereocenters. The van der Waals surface area contributed by atoms with Crippen LogP contribution in [0.2, 0.25) is 5.02 Å². The Morgan fingerprint density at radius 2 is 1.77 bits per heavy atom. The van der Waals surface area contributed by atoms with Crippen molar-refractivity contribution in [2.75, 3.05) is 14.2 Å². The summed E-state index contributed by atoms with van der Waals surface area (Å²) in [5.74, 6) is 2.10. The summed E-state index contributed by atoms with van der Waals surface area (Å²) in [6.07, 6.45) is 0.939. The molecule has 3 aromatic rings. The Morgan fingerprint density at radius 3 is 2.42 bits per heavy atom. The van der Waals surface area contributed by atoms with Crippen LogP contribution in [0, 0.1) is 0 Å². The minimum absolute atomic E-state index is 0.0102. The SMILES string of the molecule is COc1ccc(CCC(=O)N(Cc2nnc(-c3ccc(Cl)cc3)o2)C(C)C)cc1OC. The standard InChI is InChI=1S/C23H26ClN3O4/c1-15(2)27(14-21-25-26-23(31-21)17-7-9-18(24)10-8-17)22(28)12-6-16-5-11-19(29-3)20(13-16)30-4/h5,7-11,13,15H,6,12,14H2,1-4H3. The molecule has 1 heterocycles. The van der Waals surface area contributed by atoms with Crippen molar-refractivity contribution in [2.24, 2.45) is 0 Å². The number of methoxy groups -OCH3 is 2. The van der Waals surface area contributed by atoms with Crippen molar-refractivity contribution in [3.63, 3.8) is 0 Å². The number of ether oxygens (including phenoxy) is 2. The van der Waals surface area contributed by atoms with E-state index in [0.717, 1.165) is 11.1 Å². The summed E-state index contributed by atoms with van der Waals surface area (Å²) in [5.41, 5.74) is 1.77. The first-order valence-electron chi connectivity index (χ1n) is 10.00. The van der Waals surface area contributed by atoms with Crippen LogP contribution in [0.5, 0.6) is 11.5 Å². The maximum absolute atomic E-state index is 12.9. The molecule has 0 fully saturated rings. The monoisotopic (exact) mass is 443 g/mol. The molecule has 164 valence electrons. The molecule has 2 aromatic carbocycles. The van der Waals surface area contributed by atoms with E-state index in [1.165, 1.54) is 0 Å². The fourth-order valence-electron chi connectivity index (χ4n) is 3.16. The lowest BCUT2D eigenvalue weighted by atomic mass is 10.1. The van der Waals surface area contributed by atoms with Crippen molar-refractivity contribution < 1.29 is 18.7 Å². The maximum Gasteiger partial charge on any atom is 0.247 e. The van der Waals surface area contributed by atoms with Gasteiger partial charge in [0.1, 0.15) is 0 Å². The number of benzene rings is 2. The molecule has 0 aliphatic heterocycles. The number of carbonyl (C=O) groups excluding carboxylic acids is 1. The molecule has 0 saturated carbocycles. The molecule has 7 nitrogen and oxygen atoms in total. The fourth-order valence-corrected chi connectivity index (χ4v) is 3.29. The number of hydrogen-bond acceptors (Lipinski definition) is 6. The lowest BCUT2D eigenvalue weighted by molar-refractivity contribution is -0.133. The normalized spacial score (nSPS) is 10.9. The van der Waals surface area contributed by atoms with Gasteiger partial charge < -0.3 is 18.8 Å². The zero-order valence-electron chi connectivity index (χ0n) is 18.1. The van der Waals surface area contributed by atoms with E-state index < -0.39 is 0 Å². The predicted molar refractivity (Wildman–Crippen MR) is 118 cm³/mol. The molecule has 0 radical (unpaired) electrons. The molecule has 0 spiro atoms. The van der Waals surface area contributed by atoms with Crippen LogP contribution in [0.25, 0.3) is 11.5 Å². The highest BCUT2D eigenvalue weighted by atomic mass is 35.5. The number of aromatic nitrogens is 2. The molecule has 31 heavy (non-hydrogen) atoms. The van der Waals surface area contributed by atoms with E-state index >= 15 is 0 Å². The average Bonchev–Trinajstić information content (AvgIpc) is 3.24. The fraction of sp³-hybridized carbons (Fsp3) is 0.348. The molecule has 0 aliphatic rings. The van der Waals surface area contributed by atoms with Gasteiger partial charge in [-0.1, -0.05) is 17.7 Å². The zero-order valence-corrected chi connectivity index (χ0v) is 18.8. The van der Waals surface area contributed by atoms with Crippen LogP contribution in [0.4, 0.5) is 0 Å².